The number of rotatable bonds is 6. The summed E-state index contributed by atoms with van der Waals surface area (Å²) >= 11 is 1.98. The van der Waals surface area contributed by atoms with Crippen molar-refractivity contribution in [1.29, 1.82) is 0 Å². The van der Waals surface area contributed by atoms with Gasteiger partial charge in [0, 0.05) is 17.8 Å². The van der Waals surface area contributed by atoms with E-state index in [0.717, 1.165) is 41.4 Å². The fourth-order valence-corrected chi connectivity index (χ4v) is 7.97. The van der Waals surface area contributed by atoms with Crippen molar-refractivity contribution >= 4 is 17.7 Å². The van der Waals surface area contributed by atoms with Gasteiger partial charge in [-0.2, -0.15) is 0 Å². The smallest absolute Gasteiger partial charge is 0.232 e. The SMILES string of the molecule is CCN(Cc1ccc2c(c1)OCCO2)C(=O)CSC12CC3CC(CC(C3)C1)C2. The molecule has 0 radical (unpaired) electrons. The summed E-state index contributed by atoms with van der Waals surface area (Å²) < 4.78 is 11.7. The van der Waals surface area contributed by atoms with Crippen LogP contribution in [-0.2, 0) is 11.3 Å². The van der Waals surface area contributed by atoms with Crippen LogP contribution >= 0.6 is 11.8 Å². The van der Waals surface area contributed by atoms with Crippen LogP contribution in [0, 0.1) is 17.8 Å². The highest BCUT2D eigenvalue weighted by Crippen LogP contribution is 2.60. The predicted molar refractivity (Wildman–Crippen MR) is 112 cm³/mol. The number of amides is 1. The summed E-state index contributed by atoms with van der Waals surface area (Å²) in [6.45, 7) is 4.66. The lowest BCUT2D eigenvalue weighted by Gasteiger charge is -2.56. The van der Waals surface area contributed by atoms with E-state index in [1.807, 2.05) is 28.8 Å². The highest BCUT2D eigenvalue weighted by atomic mass is 32.2. The molecule has 152 valence electrons. The second kappa shape index (κ2) is 7.47. The number of thioether (sulfide) groups is 1. The minimum absolute atomic E-state index is 0.276. The van der Waals surface area contributed by atoms with Gasteiger partial charge < -0.3 is 14.4 Å². The van der Waals surface area contributed by atoms with Crippen molar-refractivity contribution in [3.05, 3.63) is 23.8 Å². The summed E-state index contributed by atoms with van der Waals surface area (Å²) in [7, 11) is 0. The van der Waals surface area contributed by atoms with Crippen molar-refractivity contribution < 1.29 is 14.3 Å². The van der Waals surface area contributed by atoms with E-state index in [4.69, 9.17) is 9.47 Å². The molecule has 0 saturated heterocycles. The van der Waals surface area contributed by atoms with Crippen LogP contribution in [0.3, 0.4) is 0 Å². The number of hydrogen-bond acceptors (Lipinski definition) is 4. The fraction of sp³-hybridized carbons (Fsp3) is 0.696. The third kappa shape index (κ3) is 3.62. The molecule has 1 heterocycles. The van der Waals surface area contributed by atoms with Crippen molar-refractivity contribution in [2.24, 2.45) is 17.8 Å². The van der Waals surface area contributed by atoms with Gasteiger partial charge in [-0.05, 0) is 80.9 Å². The molecule has 4 saturated carbocycles. The number of fused-ring (bicyclic) bond motifs is 1. The monoisotopic (exact) mass is 401 g/mol. The van der Waals surface area contributed by atoms with Crippen molar-refractivity contribution in [2.45, 2.75) is 56.7 Å². The van der Waals surface area contributed by atoms with Crippen LogP contribution in [0.5, 0.6) is 11.5 Å². The minimum Gasteiger partial charge on any atom is -0.486 e. The molecule has 28 heavy (non-hydrogen) atoms. The van der Waals surface area contributed by atoms with E-state index < -0.39 is 0 Å². The highest BCUT2D eigenvalue weighted by Gasteiger charge is 2.51. The molecule has 4 bridgehead atoms. The van der Waals surface area contributed by atoms with Crippen LogP contribution in [0.2, 0.25) is 0 Å². The van der Waals surface area contributed by atoms with E-state index in [1.54, 1.807) is 0 Å². The van der Waals surface area contributed by atoms with Crippen LogP contribution in [-0.4, -0.2) is 41.1 Å². The largest absolute Gasteiger partial charge is 0.486 e. The third-order valence-corrected chi connectivity index (χ3v) is 8.70. The van der Waals surface area contributed by atoms with Gasteiger partial charge in [-0.15, -0.1) is 11.8 Å². The Morgan fingerprint density at radius 3 is 2.36 bits per heavy atom. The lowest BCUT2D eigenvalue weighted by molar-refractivity contribution is -0.128. The third-order valence-electron chi connectivity index (χ3n) is 7.20. The Morgan fingerprint density at radius 1 is 1.07 bits per heavy atom. The normalized spacial score (nSPS) is 32.4. The minimum atomic E-state index is 0.276. The molecular weight excluding hydrogens is 370 g/mol. The first-order chi connectivity index (χ1) is 13.6. The fourth-order valence-electron chi connectivity index (χ4n) is 6.30. The van der Waals surface area contributed by atoms with Crippen molar-refractivity contribution in [3.63, 3.8) is 0 Å². The topological polar surface area (TPSA) is 38.8 Å². The van der Waals surface area contributed by atoms with Gasteiger partial charge in [0.2, 0.25) is 5.91 Å². The summed E-state index contributed by atoms with van der Waals surface area (Å²) in [6, 6.07) is 6.04. The van der Waals surface area contributed by atoms with E-state index in [-0.39, 0.29) is 5.91 Å². The maximum Gasteiger partial charge on any atom is 0.232 e. The average Bonchev–Trinajstić information content (AvgIpc) is 2.69. The second-order valence-electron chi connectivity index (χ2n) is 9.28. The molecule has 0 N–H and O–H groups in total. The van der Waals surface area contributed by atoms with E-state index >= 15 is 0 Å². The van der Waals surface area contributed by atoms with Gasteiger partial charge in [0.15, 0.2) is 11.5 Å². The lowest BCUT2D eigenvalue weighted by atomic mass is 9.56. The number of ether oxygens (including phenoxy) is 2. The number of carbonyl (C=O) groups is 1. The van der Waals surface area contributed by atoms with Gasteiger partial charge in [0.1, 0.15) is 13.2 Å². The Morgan fingerprint density at radius 2 is 1.71 bits per heavy atom. The first-order valence-corrected chi connectivity index (χ1v) is 11.9. The van der Waals surface area contributed by atoms with E-state index in [1.165, 1.54) is 38.5 Å². The summed E-state index contributed by atoms with van der Waals surface area (Å²) in [5.74, 6) is 5.33. The zero-order valence-electron chi connectivity index (χ0n) is 16.8. The van der Waals surface area contributed by atoms with E-state index in [2.05, 4.69) is 13.0 Å². The van der Waals surface area contributed by atoms with E-state index in [9.17, 15) is 4.79 Å². The molecule has 0 aromatic heterocycles. The standard InChI is InChI=1S/C23H31NO3S/c1-2-24(14-16-3-4-20-21(10-16)27-6-5-26-20)22(25)15-28-23-11-17-7-18(12-23)9-19(8-17)13-23/h3-4,10,17-19H,2,5-9,11-15H2,1H3. The maximum atomic E-state index is 13.0. The molecule has 5 aliphatic rings. The average molecular weight is 402 g/mol. The molecule has 1 aliphatic heterocycles. The van der Waals surface area contributed by atoms with Crippen molar-refractivity contribution in [1.82, 2.24) is 4.90 Å². The molecule has 4 nitrogen and oxygen atoms in total. The number of carbonyl (C=O) groups excluding carboxylic acids is 1. The van der Waals surface area contributed by atoms with Crippen LogP contribution in [0.25, 0.3) is 0 Å². The Labute approximate surface area is 172 Å². The van der Waals surface area contributed by atoms with Crippen LogP contribution in [0.4, 0.5) is 0 Å². The molecule has 0 atom stereocenters. The quantitative estimate of drug-likeness (QED) is 0.703. The van der Waals surface area contributed by atoms with Gasteiger partial charge >= 0.3 is 0 Å². The molecule has 1 aromatic carbocycles. The van der Waals surface area contributed by atoms with E-state index in [0.29, 0.717) is 30.3 Å². The zero-order valence-corrected chi connectivity index (χ0v) is 17.6. The van der Waals surface area contributed by atoms with Gasteiger partial charge in [-0.25, -0.2) is 0 Å². The maximum absolute atomic E-state index is 13.0. The zero-order chi connectivity index (χ0) is 19.1. The lowest BCUT2D eigenvalue weighted by Crippen LogP contribution is -2.49. The molecule has 4 fully saturated rings. The summed E-state index contributed by atoms with van der Waals surface area (Å²) in [6.07, 6.45) is 8.43. The molecule has 1 amide bonds. The Kier molecular flexibility index (Phi) is 4.98. The van der Waals surface area contributed by atoms with Gasteiger partial charge in [0.05, 0.1) is 5.75 Å². The number of nitrogens with zero attached hydrogens (tertiary/aromatic N) is 1. The summed E-state index contributed by atoms with van der Waals surface area (Å²) in [5.41, 5.74) is 1.11. The predicted octanol–water partition coefficient (Wildman–Crippen LogP) is 4.51. The Hall–Kier alpha value is -1.36. The van der Waals surface area contributed by atoms with Gasteiger partial charge in [0.25, 0.3) is 0 Å². The number of hydrogen-bond donors (Lipinski definition) is 0. The number of benzene rings is 1. The first kappa shape index (κ1) is 18.7. The Balaban J connectivity index is 1.21. The molecule has 6 rings (SSSR count). The molecular formula is C23H31NO3S. The molecule has 5 heteroatoms. The van der Waals surface area contributed by atoms with Gasteiger partial charge in [-0.3, -0.25) is 4.79 Å². The summed E-state index contributed by atoms with van der Waals surface area (Å²) in [4.78, 5) is 15.0. The van der Waals surface area contributed by atoms with Gasteiger partial charge in [-0.1, -0.05) is 6.07 Å². The second-order valence-corrected chi connectivity index (χ2v) is 10.7. The Bertz CT molecular complexity index is 714. The molecule has 1 aromatic rings. The van der Waals surface area contributed by atoms with Crippen molar-refractivity contribution in [2.75, 3.05) is 25.5 Å². The van der Waals surface area contributed by atoms with Crippen molar-refractivity contribution in [3.8, 4) is 11.5 Å². The van der Waals surface area contributed by atoms with Crippen LogP contribution < -0.4 is 9.47 Å². The highest BCUT2D eigenvalue weighted by molar-refractivity contribution is 8.01. The molecule has 0 spiro atoms. The summed E-state index contributed by atoms with van der Waals surface area (Å²) in [5, 5.41) is 0. The van der Waals surface area contributed by atoms with Crippen LogP contribution in [0.1, 0.15) is 51.0 Å². The first-order valence-electron chi connectivity index (χ1n) is 10.9. The molecule has 0 unspecified atom stereocenters. The molecule has 4 aliphatic carbocycles. The van der Waals surface area contributed by atoms with Crippen LogP contribution in [0.15, 0.2) is 18.2 Å².